The molecule has 0 amide bonds. The van der Waals surface area contributed by atoms with E-state index in [0.717, 1.165) is 65.4 Å². The molecule has 0 aliphatic heterocycles. The number of aromatic nitrogens is 2. The van der Waals surface area contributed by atoms with Crippen molar-refractivity contribution in [2.24, 2.45) is 0 Å². The Balaban J connectivity index is 1.36. The molecule has 39 heavy (non-hydrogen) atoms. The summed E-state index contributed by atoms with van der Waals surface area (Å²) in [5.74, 6) is 1.64. The number of nitrogens with zero attached hydrogens (tertiary/aromatic N) is 2. The zero-order valence-corrected chi connectivity index (χ0v) is 21.5. The monoisotopic (exact) mass is 502 g/mol. The minimum Gasteiger partial charge on any atom is -0.456 e. The topological polar surface area (TPSA) is 38.9 Å². The highest BCUT2D eigenvalue weighted by Gasteiger charge is 2.26. The zero-order chi connectivity index (χ0) is 25.8. The van der Waals surface area contributed by atoms with Gasteiger partial charge in [-0.3, -0.25) is 0 Å². The summed E-state index contributed by atoms with van der Waals surface area (Å²) >= 11 is 0. The highest BCUT2D eigenvalue weighted by atomic mass is 16.3. The smallest absolute Gasteiger partial charge is 0.163 e. The number of hydrogen-bond acceptors (Lipinski definition) is 3. The van der Waals surface area contributed by atoms with Crippen molar-refractivity contribution < 1.29 is 4.42 Å². The van der Waals surface area contributed by atoms with Crippen LogP contribution < -0.4 is 0 Å². The van der Waals surface area contributed by atoms with Crippen LogP contribution in [0.1, 0.15) is 42.1 Å². The summed E-state index contributed by atoms with van der Waals surface area (Å²) in [4.78, 5) is 10.3. The molecule has 0 unspecified atom stereocenters. The molecule has 0 fully saturated rings. The van der Waals surface area contributed by atoms with Gasteiger partial charge in [0.2, 0.25) is 0 Å². The average Bonchev–Trinajstić information content (AvgIpc) is 3.41. The predicted octanol–water partition coefficient (Wildman–Crippen LogP) is 9.31. The van der Waals surface area contributed by atoms with E-state index in [0.29, 0.717) is 0 Å². The Morgan fingerprint density at radius 1 is 0.692 bits per heavy atom. The molecule has 3 heteroatoms. The van der Waals surface area contributed by atoms with Crippen molar-refractivity contribution in [3.05, 3.63) is 132 Å². The van der Waals surface area contributed by atoms with Crippen LogP contribution in [0.5, 0.6) is 0 Å². The predicted molar refractivity (Wildman–Crippen MR) is 160 cm³/mol. The van der Waals surface area contributed by atoms with E-state index >= 15 is 0 Å². The molecule has 0 bridgehead atoms. The summed E-state index contributed by atoms with van der Waals surface area (Å²) in [6, 6.07) is 29.9. The quantitative estimate of drug-likeness (QED) is 0.226. The summed E-state index contributed by atoms with van der Waals surface area (Å²) < 4.78 is 6.67. The van der Waals surface area contributed by atoms with Gasteiger partial charge in [-0.1, -0.05) is 97.1 Å². The fourth-order valence-corrected chi connectivity index (χ4v) is 6.16. The van der Waals surface area contributed by atoms with Gasteiger partial charge < -0.3 is 4.42 Å². The number of aryl methyl sites for hydroxylation is 1. The second-order valence-corrected chi connectivity index (χ2v) is 10.4. The molecule has 8 rings (SSSR count). The van der Waals surface area contributed by atoms with Crippen molar-refractivity contribution in [1.82, 2.24) is 9.97 Å². The van der Waals surface area contributed by atoms with E-state index in [1.54, 1.807) is 0 Å². The van der Waals surface area contributed by atoms with Crippen molar-refractivity contribution in [3.63, 3.8) is 0 Å². The van der Waals surface area contributed by atoms with Gasteiger partial charge in [-0.15, -0.1) is 0 Å². The van der Waals surface area contributed by atoms with E-state index < -0.39 is 0 Å². The fraction of sp³-hybridized carbons (Fsp3) is 0.111. The van der Waals surface area contributed by atoms with Crippen LogP contribution in [0, 0.1) is 0 Å². The normalized spacial score (nSPS) is 15.0. The maximum Gasteiger partial charge on any atom is 0.163 e. The third-order valence-electron chi connectivity index (χ3n) is 8.03. The molecule has 0 spiro atoms. The maximum atomic E-state index is 6.67. The van der Waals surface area contributed by atoms with Crippen LogP contribution >= 0.6 is 0 Å². The lowest BCUT2D eigenvalue weighted by Crippen LogP contribution is -2.06. The summed E-state index contributed by atoms with van der Waals surface area (Å²) in [7, 11) is 0. The zero-order valence-electron chi connectivity index (χ0n) is 21.5. The van der Waals surface area contributed by atoms with Crippen LogP contribution in [0.15, 0.2) is 114 Å². The number of rotatable bonds is 3. The van der Waals surface area contributed by atoms with Gasteiger partial charge >= 0.3 is 0 Å². The fourth-order valence-electron chi connectivity index (χ4n) is 6.16. The molecule has 186 valence electrons. The number of hydrogen-bond donors (Lipinski definition) is 0. The molecule has 4 aromatic carbocycles. The molecule has 0 radical (unpaired) electrons. The highest BCUT2D eigenvalue weighted by Crippen LogP contribution is 2.43. The van der Waals surface area contributed by atoms with Crippen molar-refractivity contribution in [1.29, 1.82) is 0 Å². The van der Waals surface area contributed by atoms with E-state index in [1.807, 2.05) is 6.07 Å². The molecule has 3 nitrogen and oxygen atoms in total. The van der Waals surface area contributed by atoms with E-state index in [1.165, 1.54) is 38.1 Å². The Bertz CT molecular complexity index is 2010. The first kappa shape index (κ1) is 22.2. The lowest BCUT2D eigenvalue weighted by molar-refractivity contribution is 0.590. The van der Waals surface area contributed by atoms with Gasteiger partial charge in [0.25, 0.3) is 0 Å². The summed E-state index contributed by atoms with van der Waals surface area (Å²) in [5.41, 5.74) is 7.45. The van der Waals surface area contributed by atoms with E-state index in [-0.39, 0.29) is 0 Å². The van der Waals surface area contributed by atoms with Crippen molar-refractivity contribution >= 4 is 43.7 Å². The average molecular weight is 503 g/mol. The lowest BCUT2D eigenvalue weighted by atomic mass is 9.91. The third kappa shape index (κ3) is 3.65. The Kier molecular flexibility index (Phi) is 5.09. The minimum atomic E-state index is 0.732. The van der Waals surface area contributed by atoms with Gasteiger partial charge in [0.15, 0.2) is 5.82 Å². The molecule has 0 saturated carbocycles. The van der Waals surface area contributed by atoms with Gasteiger partial charge in [-0.25, -0.2) is 9.97 Å². The first-order valence-corrected chi connectivity index (χ1v) is 13.7. The first-order valence-electron chi connectivity index (χ1n) is 13.7. The van der Waals surface area contributed by atoms with E-state index in [4.69, 9.17) is 14.4 Å². The molecule has 2 heterocycles. The summed E-state index contributed by atoms with van der Waals surface area (Å²) in [6.45, 7) is 0. The van der Waals surface area contributed by atoms with Crippen molar-refractivity contribution in [3.8, 4) is 11.3 Å². The van der Waals surface area contributed by atoms with Gasteiger partial charge in [-0.2, -0.15) is 0 Å². The SMILES string of the molecule is C1=CCCC(c2cc(-c3ccccc3)nc(C3=CCCc4c3oc3ccc5ccc6ccccc6c5c43)n2)=C1. The number of allylic oxidation sites excluding steroid dienone is 5. The minimum absolute atomic E-state index is 0.732. The third-order valence-corrected chi connectivity index (χ3v) is 8.03. The van der Waals surface area contributed by atoms with Gasteiger partial charge in [0, 0.05) is 21.9 Å². The Labute approximate surface area is 226 Å². The number of furan rings is 1. The van der Waals surface area contributed by atoms with Crippen molar-refractivity contribution in [2.45, 2.75) is 25.7 Å². The molecule has 6 aromatic rings. The number of benzene rings is 4. The second kappa shape index (κ2) is 8.92. The van der Waals surface area contributed by atoms with E-state index in [9.17, 15) is 0 Å². The Morgan fingerprint density at radius 3 is 2.41 bits per heavy atom. The van der Waals surface area contributed by atoms with Crippen molar-refractivity contribution in [2.75, 3.05) is 0 Å². The lowest BCUT2D eigenvalue weighted by Gasteiger charge is -2.16. The summed E-state index contributed by atoms with van der Waals surface area (Å²) in [5, 5.41) is 6.25. The van der Waals surface area contributed by atoms with Crippen LogP contribution in [-0.2, 0) is 6.42 Å². The second-order valence-electron chi connectivity index (χ2n) is 10.4. The van der Waals surface area contributed by atoms with Crippen LogP contribution in [0.25, 0.3) is 54.9 Å². The van der Waals surface area contributed by atoms with Gasteiger partial charge in [-0.05, 0) is 59.5 Å². The Morgan fingerprint density at radius 2 is 1.51 bits per heavy atom. The molecule has 0 saturated heterocycles. The number of fused-ring (bicyclic) bond motifs is 7. The van der Waals surface area contributed by atoms with E-state index in [2.05, 4.69) is 103 Å². The highest BCUT2D eigenvalue weighted by molar-refractivity contribution is 6.21. The molecule has 0 atom stereocenters. The Hall–Kier alpha value is -4.76. The van der Waals surface area contributed by atoms with Crippen LogP contribution in [0.4, 0.5) is 0 Å². The molecular formula is C36H26N2O. The van der Waals surface area contributed by atoms with Crippen LogP contribution in [-0.4, -0.2) is 9.97 Å². The molecule has 2 aliphatic carbocycles. The largest absolute Gasteiger partial charge is 0.456 e. The maximum absolute atomic E-state index is 6.67. The molecule has 2 aromatic heterocycles. The van der Waals surface area contributed by atoms with Gasteiger partial charge in [0.05, 0.1) is 17.0 Å². The standard InChI is InChI=1S/C36H26N2O/c1-3-11-24(12-4-1)30-22-31(25-13-5-2-6-14-25)38-36(37-30)29-17-9-16-28-34-32(39-35(28)29)21-20-26-19-18-23-10-7-8-15-27(23)33(26)34/h1-5,7-8,10-13,15,17-22H,6,9,14,16H2. The molecule has 0 N–H and O–H groups in total. The van der Waals surface area contributed by atoms with Crippen LogP contribution in [0.3, 0.4) is 0 Å². The molecule has 2 aliphatic rings. The summed E-state index contributed by atoms with van der Waals surface area (Å²) in [6.07, 6.45) is 12.7. The first-order chi connectivity index (χ1) is 19.3. The van der Waals surface area contributed by atoms with Gasteiger partial charge in [0.1, 0.15) is 11.3 Å². The van der Waals surface area contributed by atoms with Crippen LogP contribution in [0.2, 0.25) is 0 Å². The molecular weight excluding hydrogens is 476 g/mol.